The predicted molar refractivity (Wildman–Crippen MR) is 81.1 cm³/mol. The highest BCUT2D eigenvalue weighted by Crippen LogP contribution is 2.30. The van der Waals surface area contributed by atoms with Gasteiger partial charge in [-0.1, -0.05) is 26.0 Å². The Morgan fingerprint density at radius 2 is 2.05 bits per heavy atom. The van der Waals surface area contributed by atoms with Gasteiger partial charge in [0.15, 0.2) is 11.6 Å². The van der Waals surface area contributed by atoms with Crippen molar-refractivity contribution >= 4 is 0 Å². The quantitative estimate of drug-likeness (QED) is 0.917. The SMILES string of the molecule is Cc1cccc(Oc2c(CNC(C)C)c(C)nn2C)c1F. The molecule has 21 heavy (non-hydrogen) atoms. The molecule has 1 aromatic heterocycles. The highest BCUT2D eigenvalue weighted by molar-refractivity contribution is 5.38. The first-order valence-corrected chi connectivity index (χ1v) is 7.09. The van der Waals surface area contributed by atoms with E-state index in [1.807, 2.05) is 6.92 Å². The van der Waals surface area contributed by atoms with Gasteiger partial charge in [0, 0.05) is 19.6 Å². The van der Waals surface area contributed by atoms with Gasteiger partial charge in [0.2, 0.25) is 5.88 Å². The number of aryl methyl sites for hydroxylation is 3. The van der Waals surface area contributed by atoms with Gasteiger partial charge < -0.3 is 10.1 Å². The second-order valence-corrected chi connectivity index (χ2v) is 5.52. The number of hydrogen-bond acceptors (Lipinski definition) is 3. The minimum atomic E-state index is -0.334. The van der Waals surface area contributed by atoms with Crippen molar-refractivity contribution in [2.45, 2.75) is 40.3 Å². The Hall–Kier alpha value is -1.88. The minimum Gasteiger partial charge on any atom is -0.436 e. The van der Waals surface area contributed by atoms with Crippen molar-refractivity contribution < 1.29 is 9.13 Å². The third-order valence-corrected chi connectivity index (χ3v) is 3.34. The molecule has 1 aromatic carbocycles. The van der Waals surface area contributed by atoms with Crippen LogP contribution in [0.5, 0.6) is 11.6 Å². The molecule has 5 heteroatoms. The summed E-state index contributed by atoms with van der Waals surface area (Å²) in [5.74, 6) is 0.466. The van der Waals surface area contributed by atoms with Crippen LogP contribution < -0.4 is 10.1 Å². The molecule has 0 spiro atoms. The van der Waals surface area contributed by atoms with Crippen LogP contribution in [-0.4, -0.2) is 15.8 Å². The first kappa shape index (κ1) is 15.5. The van der Waals surface area contributed by atoms with Gasteiger partial charge in [-0.3, -0.25) is 0 Å². The van der Waals surface area contributed by atoms with Crippen LogP contribution in [0.3, 0.4) is 0 Å². The number of halogens is 1. The molecule has 0 amide bonds. The van der Waals surface area contributed by atoms with Crippen molar-refractivity contribution in [3.63, 3.8) is 0 Å². The molecule has 2 rings (SSSR count). The van der Waals surface area contributed by atoms with E-state index < -0.39 is 0 Å². The van der Waals surface area contributed by atoms with Gasteiger partial charge in [-0.15, -0.1) is 0 Å². The molecule has 0 aliphatic heterocycles. The van der Waals surface area contributed by atoms with Crippen molar-refractivity contribution in [3.8, 4) is 11.6 Å². The number of nitrogens with one attached hydrogen (secondary N) is 1. The van der Waals surface area contributed by atoms with Crippen LogP contribution in [0.25, 0.3) is 0 Å². The van der Waals surface area contributed by atoms with Gasteiger partial charge in [-0.2, -0.15) is 5.10 Å². The van der Waals surface area contributed by atoms with E-state index >= 15 is 0 Å². The van der Waals surface area contributed by atoms with Gasteiger partial charge in [-0.25, -0.2) is 9.07 Å². The molecular formula is C16H22FN3O. The summed E-state index contributed by atoms with van der Waals surface area (Å²) < 4.78 is 21.5. The van der Waals surface area contributed by atoms with Crippen molar-refractivity contribution in [2.75, 3.05) is 0 Å². The van der Waals surface area contributed by atoms with Crippen LogP contribution in [0.1, 0.15) is 30.7 Å². The average Bonchev–Trinajstić information content (AvgIpc) is 2.67. The van der Waals surface area contributed by atoms with Crippen molar-refractivity contribution in [3.05, 3.63) is 40.8 Å². The van der Waals surface area contributed by atoms with Crippen LogP contribution in [0.4, 0.5) is 4.39 Å². The first-order chi connectivity index (χ1) is 9.90. The summed E-state index contributed by atoms with van der Waals surface area (Å²) in [4.78, 5) is 0. The smallest absolute Gasteiger partial charge is 0.222 e. The average molecular weight is 291 g/mol. The monoisotopic (exact) mass is 291 g/mol. The van der Waals surface area contributed by atoms with E-state index in [0.717, 1.165) is 11.3 Å². The van der Waals surface area contributed by atoms with Crippen molar-refractivity contribution in [2.24, 2.45) is 7.05 Å². The van der Waals surface area contributed by atoms with Crippen LogP contribution in [0.2, 0.25) is 0 Å². The molecule has 0 aliphatic rings. The van der Waals surface area contributed by atoms with E-state index in [9.17, 15) is 4.39 Å². The number of benzene rings is 1. The minimum absolute atomic E-state index is 0.226. The highest BCUT2D eigenvalue weighted by Gasteiger charge is 2.17. The predicted octanol–water partition coefficient (Wildman–Crippen LogP) is 3.47. The molecular weight excluding hydrogens is 269 g/mol. The van der Waals surface area contributed by atoms with E-state index in [2.05, 4.69) is 24.3 Å². The topological polar surface area (TPSA) is 39.1 Å². The Kier molecular flexibility index (Phi) is 4.63. The van der Waals surface area contributed by atoms with Gasteiger partial charge in [0.1, 0.15) is 0 Å². The molecule has 2 aromatic rings. The zero-order chi connectivity index (χ0) is 15.6. The summed E-state index contributed by atoms with van der Waals surface area (Å²) in [7, 11) is 1.80. The Balaban J connectivity index is 2.33. The Bertz CT molecular complexity index is 635. The maximum absolute atomic E-state index is 14.1. The van der Waals surface area contributed by atoms with Gasteiger partial charge in [-0.05, 0) is 25.5 Å². The summed E-state index contributed by atoms with van der Waals surface area (Å²) in [6, 6.07) is 5.48. The summed E-state index contributed by atoms with van der Waals surface area (Å²) in [5, 5.41) is 7.71. The third kappa shape index (κ3) is 3.42. The fourth-order valence-corrected chi connectivity index (χ4v) is 2.12. The number of aromatic nitrogens is 2. The summed E-state index contributed by atoms with van der Waals surface area (Å²) >= 11 is 0. The zero-order valence-electron chi connectivity index (χ0n) is 13.2. The van der Waals surface area contributed by atoms with Gasteiger partial charge >= 0.3 is 0 Å². The molecule has 0 unspecified atom stereocenters. The molecule has 0 atom stereocenters. The van der Waals surface area contributed by atoms with Crippen LogP contribution >= 0.6 is 0 Å². The lowest BCUT2D eigenvalue weighted by Gasteiger charge is -2.12. The normalized spacial score (nSPS) is 11.2. The van der Waals surface area contributed by atoms with E-state index in [4.69, 9.17) is 4.74 Å². The second-order valence-electron chi connectivity index (χ2n) is 5.52. The largest absolute Gasteiger partial charge is 0.436 e. The molecule has 4 nitrogen and oxygen atoms in total. The number of ether oxygens (including phenoxy) is 1. The van der Waals surface area contributed by atoms with Crippen LogP contribution in [0, 0.1) is 19.7 Å². The van der Waals surface area contributed by atoms with E-state index in [1.165, 1.54) is 0 Å². The molecule has 1 heterocycles. The van der Waals surface area contributed by atoms with Gasteiger partial charge in [0.05, 0.1) is 11.3 Å². The fourth-order valence-electron chi connectivity index (χ4n) is 2.12. The Morgan fingerprint density at radius 1 is 1.33 bits per heavy atom. The molecule has 0 bridgehead atoms. The summed E-state index contributed by atoms with van der Waals surface area (Å²) in [5.41, 5.74) is 2.40. The lowest BCUT2D eigenvalue weighted by molar-refractivity contribution is 0.396. The molecule has 0 radical (unpaired) electrons. The highest BCUT2D eigenvalue weighted by atomic mass is 19.1. The zero-order valence-corrected chi connectivity index (χ0v) is 13.2. The van der Waals surface area contributed by atoms with E-state index in [0.29, 0.717) is 24.0 Å². The van der Waals surface area contributed by atoms with Crippen LogP contribution in [0.15, 0.2) is 18.2 Å². The Morgan fingerprint density at radius 3 is 2.71 bits per heavy atom. The fraction of sp³-hybridized carbons (Fsp3) is 0.438. The molecule has 0 saturated heterocycles. The van der Waals surface area contributed by atoms with Gasteiger partial charge in [0.25, 0.3) is 0 Å². The maximum Gasteiger partial charge on any atom is 0.222 e. The number of nitrogens with zero attached hydrogens (tertiary/aromatic N) is 2. The standard InChI is InChI=1S/C16H22FN3O/c1-10(2)18-9-13-12(4)19-20(5)16(13)21-14-8-6-7-11(3)15(14)17/h6-8,10,18H,9H2,1-5H3. The lowest BCUT2D eigenvalue weighted by Crippen LogP contribution is -2.22. The van der Waals surface area contributed by atoms with Crippen molar-refractivity contribution in [1.29, 1.82) is 0 Å². The molecule has 114 valence electrons. The number of rotatable bonds is 5. The molecule has 0 saturated carbocycles. The van der Waals surface area contributed by atoms with Crippen molar-refractivity contribution in [1.82, 2.24) is 15.1 Å². The third-order valence-electron chi connectivity index (χ3n) is 3.34. The second kappa shape index (κ2) is 6.26. The summed E-state index contributed by atoms with van der Waals surface area (Å²) in [6.45, 7) is 8.44. The Labute approximate surface area is 124 Å². The molecule has 0 fully saturated rings. The number of hydrogen-bond donors (Lipinski definition) is 1. The molecule has 0 aliphatic carbocycles. The van der Waals surface area contributed by atoms with E-state index in [1.54, 1.807) is 36.9 Å². The first-order valence-electron chi connectivity index (χ1n) is 7.09. The molecule has 1 N–H and O–H groups in total. The van der Waals surface area contributed by atoms with Crippen LogP contribution in [-0.2, 0) is 13.6 Å². The lowest BCUT2D eigenvalue weighted by atomic mass is 10.2. The van der Waals surface area contributed by atoms with E-state index in [-0.39, 0.29) is 11.6 Å². The summed E-state index contributed by atoms with van der Waals surface area (Å²) in [6.07, 6.45) is 0. The maximum atomic E-state index is 14.1.